The van der Waals surface area contributed by atoms with Gasteiger partial charge in [0, 0.05) is 30.9 Å². The summed E-state index contributed by atoms with van der Waals surface area (Å²) >= 11 is 0. The van der Waals surface area contributed by atoms with Crippen LogP contribution < -0.4 is 10.9 Å². The van der Waals surface area contributed by atoms with E-state index in [1.165, 1.54) is 16.8 Å². The molecule has 3 rings (SSSR count). The molecular weight excluding hydrogens is 320 g/mol. The zero-order valence-corrected chi connectivity index (χ0v) is 14.0. The minimum absolute atomic E-state index is 0.198. The number of benzene rings is 1. The van der Waals surface area contributed by atoms with E-state index < -0.39 is 0 Å². The third-order valence-electron chi connectivity index (χ3n) is 3.54. The molecule has 0 aliphatic carbocycles. The van der Waals surface area contributed by atoms with Crippen LogP contribution in [-0.2, 0) is 13.6 Å². The fraction of sp³-hybridized carbons (Fsp3) is 0.235. The van der Waals surface area contributed by atoms with Crippen molar-refractivity contribution < 1.29 is 4.79 Å². The van der Waals surface area contributed by atoms with Crippen molar-refractivity contribution >= 4 is 11.6 Å². The summed E-state index contributed by atoms with van der Waals surface area (Å²) in [6.07, 6.45) is 2.39. The summed E-state index contributed by atoms with van der Waals surface area (Å²) < 4.78 is 2.92. The average Bonchev–Trinajstić information content (AvgIpc) is 3.04. The van der Waals surface area contributed by atoms with Crippen molar-refractivity contribution in [3.63, 3.8) is 0 Å². The topological polar surface area (TPSA) is 94.7 Å². The van der Waals surface area contributed by atoms with Crippen LogP contribution in [-0.4, -0.2) is 30.5 Å². The molecule has 2 heterocycles. The van der Waals surface area contributed by atoms with Crippen LogP contribution in [0.3, 0.4) is 0 Å². The Hall–Kier alpha value is -3.29. The first-order chi connectivity index (χ1) is 12.1. The lowest BCUT2D eigenvalue weighted by atomic mass is 10.2. The van der Waals surface area contributed by atoms with Crippen LogP contribution in [0.15, 0.2) is 47.5 Å². The number of carbonyl (C=O) groups is 1. The van der Waals surface area contributed by atoms with E-state index in [9.17, 15) is 9.59 Å². The van der Waals surface area contributed by atoms with Gasteiger partial charge in [-0.2, -0.15) is 10.2 Å². The predicted octanol–water partition coefficient (Wildman–Crippen LogP) is 1.70. The minimum atomic E-state index is -0.367. The van der Waals surface area contributed by atoms with E-state index in [4.69, 9.17) is 0 Å². The first kappa shape index (κ1) is 16.6. The molecule has 1 aromatic carbocycles. The summed E-state index contributed by atoms with van der Waals surface area (Å²) in [5.74, 6) is 0.252. The van der Waals surface area contributed by atoms with Crippen molar-refractivity contribution in [2.24, 2.45) is 7.05 Å². The molecule has 128 valence electrons. The molecule has 8 nitrogen and oxygen atoms in total. The monoisotopic (exact) mass is 338 g/mol. The third kappa shape index (κ3) is 3.79. The van der Waals surface area contributed by atoms with Gasteiger partial charge in [-0.05, 0) is 36.8 Å². The Morgan fingerprint density at radius 2 is 1.88 bits per heavy atom. The van der Waals surface area contributed by atoms with Gasteiger partial charge in [0.15, 0.2) is 5.82 Å². The normalized spacial score (nSPS) is 10.6. The lowest BCUT2D eigenvalue weighted by Gasteiger charge is -2.07. The Balaban J connectivity index is 1.75. The molecule has 1 N–H and O–H groups in total. The Kier molecular flexibility index (Phi) is 4.69. The lowest BCUT2D eigenvalue weighted by molar-refractivity contribution is 0.102. The molecule has 2 aromatic heterocycles. The number of anilines is 1. The second kappa shape index (κ2) is 7.08. The Bertz CT molecular complexity index is 942. The summed E-state index contributed by atoms with van der Waals surface area (Å²) in [6.45, 7) is 2.42. The van der Waals surface area contributed by atoms with Crippen LogP contribution in [0.4, 0.5) is 5.69 Å². The number of aromatic nitrogens is 5. The smallest absolute Gasteiger partial charge is 0.276 e. The lowest BCUT2D eigenvalue weighted by Crippen LogP contribution is -2.26. The number of hydrogen-bond acceptors (Lipinski definition) is 5. The Morgan fingerprint density at radius 3 is 2.52 bits per heavy atom. The van der Waals surface area contributed by atoms with Crippen molar-refractivity contribution in [1.29, 1.82) is 0 Å². The third-order valence-corrected chi connectivity index (χ3v) is 3.54. The second-order valence-electron chi connectivity index (χ2n) is 5.55. The van der Waals surface area contributed by atoms with Gasteiger partial charge in [0.2, 0.25) is 0 Å². The van der Waals surface area contributed by atoms with Crippen LogP contribution in [0, 0.1) is 0 Å². The predicted molar refractivity (Wildman–Crippen MR) is 93.2 cm³/mol. The van der Waals surface area contributed by atoms with Crippen molar-refractivity contribution in [2.75, 3.05) is 5.32 Å². The molecule has 0 aliphatic rings. The molecule has 0 saturated carbocycles. The van der Waals surface area contributed by atoms with E-state index >= 15 is 0 Å². The van der Waals surface area contributed by atoms with E-state index in [1.807, 2.05) is 19.1 Å². The molecule has 0 unspecified atom stereocenters. The number of nitrogens with one attached hydrogen (secondary N) is 1. The molecule has 0 spiro atoms. The highest BCUT2D eigenvalue weighted by Gasteiger charge is 2.10. The first-order valence-electron chi connectivity index (χ1n) is 7.92. The van der Waals surface area contributed by atoms with Gasteiger partial charge in [0.1, 0.15) is 12.0 Å². The Morgan fingerprint density at radius 1 is 1.12 bits per heavy atom. The van der Waals surface area contributed by atoms with Crippen LogP contribution >= 0.6 is 0 Å². The average molecular weight is 338 g/mol. The summed E-state index contributed by atoms with van der Waals surface area (Å²) in [7, 11) is 1.80. The maximum absolute atomic E-state index is 12.3. The first-order valence-corrected chi connectivity index (χ1v) is 7.92. The summed E-state index contributed by atoms with van der Waals surface area (Å²) in [6, 6.07) is 9.98. The molecule has 25 heavy (non-hydrogen) atoms. The number of nitrogens with zero attached hydrogens (tertiary/aromatic N) is 5. The van der Waals surface area contributed by atoms with Crippen molar-refractivity contribution in [3.05, 3.63) is 58.8 Å². The quantitative estimate of drug-likeness (QED) is 0.764. The highest BCUT2D eigenvalue weighted by atomic mass is 16.2. The van der Waals surface area contributed by atoms with Crippen molar-refractivity contribution in [2.45, 2.75) is 19.9 Å². The van der Waals surface area contributed by atoms with Gasteiger partial charge in [-0.1, -0.05) is 6.92 Å². The van der Waals surface area contributed by atoms with E-state index in [0.717, 1.165) is 12.0 Å². The Labute approximate surface area is 144 Å². The number of aryl methyl sites for hydroxylation is 2. The summed E-state index contributed by atoms with van der Waals surface area (Å²) in [4.78, 5) is 28.2. The molecule has 0 bridgehead atoms. The van der Waals surface area contributed by atoms with Crippen LogP contribution in [0.5, 0.6) is 0 Å². The number of carbonyl (C=O) groups excluding carboxylic acids is 1. The molecular formula is C17H18N6O2. The van der Waals surface area contributed by atoms with Gasteiger partial charge in [0.25, 0.3) is 11.5 Å². The zero-order valence-electron chi connectivity index (χ0n) is 14.0. The van der Waals surface area contributed by atoms with Gasteiger partial charge in [-0.25, -0.2) is 9.67 Å². The number of hydrogen-bond donors (Lipinski definition) is 1. The maximum Gasteiger partial charge on any atom is 0.276 e. The highest BCUT2D eigenvalue weighted by molar-refractivity contribution is 6.02. The van der Waals surface area contributed by atoms with Gasteiger partial charge >= 0.3 is 0 Å². The summed E-state index contributed by atoms with van der Waals surface area (Å²) in [5.41, 5.74) is 1.46. The van der Waals surface area contributed by atoms with Gasteiger partial charge in [-0.3, -0.25) is 14.3 Å². The largest absolute Gasteiger partial charge is 0.321 e. The fourth-order valence-electron chi connectivity index (χ4n) is 2.31. The molecule has 0 saturated heterocycles. The molecule has 0 atom stereocenters. The molecule has 8 heteroatoms. The van der Waals surface area contributed by atoms with E-state index in [2.05, 4.69) is 20.5 Å². The van der Waals surface area contributed by atoms with E-state index in [-0.39, 0.29) is 17.2 Å². The van der Waals surface area contributed by atoms with Crippen molar-refractivity contribution in [1.82, 2.24) is 24.5 Å². The molecule has 0 radical (unpaired) electrons. The number of amides is 1. The van der Waals surface area contributed by atoms with Gasteiger partial charge < -0.3 is 5.32 Å². The molecule has 3 aromatic rings. The molecule has 1 amide bonds. The zero-order chi connectivity index (χ0) is 17.8. The highest BCUT2D eigenvalue weighted by Crippen LogP contribution is 2.17. The van der Waals surface area contributed by atoms with E-state index in [1.54, 1.807) is 30.2 Å². The SMILES string of the molecule is CCCn1nc(C(=O)Nc2ccc(-c3ncn(C)n3)cc2)ccc1=O. The van der Waals surface area contributed by atoms with Gasteiger partial charge in [0.05, 0.1) is 0 Å². The van der Waals surface area contributed by atoms with Crippen LogP contribution in [0.1, 0.15) is 23.8 Å². The van der Waals surface area contributed by atoms with Crippen molar-refractivity contribution in [3.8, 4) is 11.4 Å². The van der Waals surface area contributed by atoms with Gasteiger partial charge in [-0.15, -0.1) is 0 Å². The van der Waals surface area contributed by atoms with Crippen LogP contribution in [0.25, 0.3) is 11.4 Å². The van der Waals surface area contributed by atoms with E-state index in [0.29, 0.717) is 18.1 Å². The summed E-state index contributed by atoms with van der Waals surface area (Å²) in [5, 5.41) is 11.1. The minimum Gasteiger partial charge on any atom is -0.321 e. The maximum atomic E-state index is 12.3. The standard InChI is InChI=1S/C17H18N6O2/c1-3-10-23-15(24)9-8-14(20-23)17(25)19-13-6-4-12(5-7-13)16-18-11-22(2)21-16/h4-9,11H,3,10H2,1-2H3,(H,19,25). The van der Waals surface area contributed by atoms with Crippen LogP contribution in [0.2, 0.25) is 0 Å². The fourth-order valence-corrected chi connectivity index (χ4v) is 2.31. The number of rotatable bonds is 5. The second-order valence-corrected chi connectivity index (χ2v) is 5.55. The molecule has 0 aliphatic heterocycles. The molecule has 0 fully saturated rings.